The third kappa shape index (κ3) is 3.11. The average molecular weight is 417 g/mol. The zero-order chi connectivity index (χ0) is 20.0. The summed E-state index contributed by atoms with van der Waals surface area (Å²) in [6.45, 7) is 0.674. The van der Waals surface area contributed by atoms with Crippen LogP contribution in [-0.2, 0) is 6.54 Å². The van der Waals surface area contributed by atoms with Crippen molar-refractivity contribution < 1.29 is 4.79 Å². The summed E-state index contributed by atoms with van der Waals surface area (Å²) in [5.74, 6) is -0.413. The minimum absolute atomic E-state index is 0.413. The number of hydrogen-bond donors (Lipinski definition) is 1. The fourth-order valence-electron chi connectivity index (χ4n) is 3.89. The van der Waals surface area contributed by atoms with Gasteiger partial charge in [0.1, 0.15) is 0 Å². The maximum Gasteiger partial charge on any atom is 0.249 e. The number of thiophene rings is 1. The minimum atomic E-state index is -0.413. The van der Waals surface area contributed by atoms with Crippen molar-refractivity contribution in [3.63, 3.8) is 0 Å². The number of primary amides is 1. The van der Waals surface area contributed by atoms with Gasteiger partial charge < -0.3 is 10.3 Å². The Morgan fingerprint density at radius 1 is 0.966 bits per heavy atom. The van der Waals surface area contributed by atoms with E-state index in [1.807, 2.05) is 36.4 Å². The molecule has 0 aliphatic rings. The van der Waals surface area contributed by atoms with Crippen molar-refractivity contribution >= 4 is 50.7 Å². The van der Waals surface area contributed by atoms with E-state index in [0.717, 1.165) is 32.9 Å². The molecule has 0 saturated heterocycles. The lowest BCUT2D eigenvalue weighted by Gasteiger charge is -2.09. The second-order valence-corrected chi connectivity index (χ2v) is 8.37. The van der Waals surface area contributed by atoms with Gasteiger partial charge in [0.05, 0.1) is 11.0 Å². The van der Waals surface area contributed by atoms with E-state index < -0.39 is 5.91 Å². The summed E-state index contributed by atoms with van der Waals surface area (Å²) in [6, 6.07) is 24.2. The molecule has 0 bridgehead atoms. The lowest BCUT2D eigenvalue weighted by atomic mass is 10.0. The van der Waals surface area contributed by atoms with Gasteiger partial charge in [0.15, 0.2) is 0 Å². The second-order valence-electron chi connectivity index (χ2n) is 6.99. The standard InChI is InChI=1S/C24H17ClN2OS/c25-17-9-6-15(7-10-17)14-27-20-4-1-3-19(24(26)28)23(20)18-11-8-16(13-21(18)27)22-5-2-12-29-22/h1-13H,14H2,(H2,26,28). The summed E-state index contributed by atoms with van der Waals surface area (Å²) in [5.41, 5.74) is 10.6. The average Bonchev–Trinajstić information content (AvgIpc) is 3.36. The molecule has 5 heteroatoms. The summed E-state index contributed by atoms with van der Waals surface area (Å²) in [5, 5.41) is 4.73. The highest BCUT2D eigenvalue weighted by atomic mass is 35.5. The van der Waals surface area contributed by atoms with Gasteiger partial charge in [-0.25, -0.2) is 0 Å². The smallest absolute Gasteiger partial charge is 0.249 e. The molecule has 2 heterocycles. The van der Waals surface area contributed by atoms with Gasteiger partial charge in [0, 0.05) is 32.8 Å². The van der Waals surface area contributed by atoms with E-state index in [0.29, 0.717) is 17.1 Å². The quantitative estimate of drug-likeness (QED) is 0.366. The second kappa shape index (κ2) is 7.07. The number of hydrogen-bond acceptors (Lipinski definition) is 2. The number of nitrogens with two attached hydrogens (primary N) is 1. The summed E-state index contributed by atoms with van der Waals surface area (Å²) < 4.78 is 2.25. The van der Waals surface area contributed by atoms with Crippen LogP contribution in [0.4, 0.5) is 0 Å². The molecule has 1 amide bonds. The largest absolute Gasteiger partial charge is 0.366 e. The number of halogens is 1. The van der Waals surface area contributed by atoms with Gasteiger partial charge in [0.25, 0.3) is 0 Å². The van der Waals surface area contributed by atoms with Crippen LogP contribution < -0.4 is 5.73 Å². The van der Waals surface area contributed by atoms with Crippen molar-refractivity contribution in [2.24, 2.45) is 5.73 Å². The molecule has 0 aliphatic carbocycles. The third-order valence-corrected chi connectivity index (χ3v) is 6.39. The molecule has 29 heavy (non-hydrogen) atoms. The van der Waals surface area contributed by atoms with Gasteiger partial charge in [-0.2, -0.15) is 0 Å². The fraction of sp³-hybridized carbons (Fsp3) is 0.0417. The van der Waals surface area contributed by atoms with Crippen LogP contribution in [0, 0.1) is 0 Å². The zero-order valence-electron chi connectivity index (χ0n) is 15.4. The van der Waals surface area contributed by atoms with E-state index in [4.69, 9.17) is 17.3 Å². The molecule has 0 saturated carbocycles. The Kier molecular flexibility index (Phi) is 4.38. The van der Waals surface area contributed by atoms with Crippen LogP contribution in [0.25, 0.3) is 32.2 Å². The maximum atomic E-state index is 12.1. The Hall–Kier alpha value is -3.08. The van der Waals surface area contributed by atoms with E-state index >= 15 is 0 Å². The number of aromatic nitrogens is 1. The first-order valence-corrected chi connectivity index (χ1v) is 10.5. The number of carbonyl (C=O) groups excluding carboxylic acids is 1. The lowest BCUT2D eigenvalue weighted by Crippen LogP contribution is -2.11. The zero-order valence-corrected chi connectivity index (χ0v) is 17.0. The topological polar surface area (TPSA) is 48.0 Å². The highest BCUT2D eigenvalue weighted by molar-refractivity contribution is 7.13. The van der Waals surface area contributed by atoms with Crippen molar-refractivity contribution in [1.82, 2.24) is 4.57 Å². The number of rotatable bonds is 4. The number of fused-ring (bicyclic) bond motifs is 3. The van der Waals surface area contributed by atoms with E-state index in [1.165, 1.54) is 4.88 Å². The monoisotopic (exact) mass is 416 g/mol. The molecular weight excluding hydrogens is 400 g/mol. The number of carbonyl (C=O) groups is 1. The van der Waals surface area contributed by atoms with Gasteiger partial charge in [-0.05, 0) is 52.9 Å². The van der Waals surface area contributed by atoms with Gasteiger partial charge in [0.2, 0.25) is 5.91 Å². The molecule has 3 nitrogen and oxygen atoms in total. The van der Waals surface area contributed by atoms with Crippen LogP contribution in [0.5, 0.6) is 0 Å². The number of nitrogens with zero attached hydrogens (tertiary/aromatic N) is 1. The Bertz CT molecular complexity index is 1350. The molecular formula is C24H17ClN2OS. The van der Waals surface area contributed by atoms with Gasteiger partial charge >= 0.3 is 0 Å². The molecule has 0 spiro atoms. The van der Waals surface area contributed by atoms with E-state index in [1.54, 1.807) is 17.4 Å². The van der Waals surface area contributed by atoms with E-state index in [2.05, 4.69) is 40.3 Å². The van der Waals surface area contributed by atoms with Crippen LogP contribution in [0.3, 0.4) is 0 Å². The molecule has 0 atom stereocenters. The SMILES string of the molecule is NC(=O)c1cccc2c1c1ccc(-c3cccs3)cc1n2Cc1ccc(Cl)cc1. The van der Waals surface area contributed by atoms with Crippen LogP contribution in [0.15, 0.2) is 78.2 Å². The maximum absolute atomic E-state index is 12.1. The van der Waals surface area contributed by atoms with Gasteiger partial charge in [-0.1, -0.05) is 48.0 Å². The normalized spacial score (nSPS) is 11.3. The van der Waals surface area contributed by atoms with Crippen LogP contribution in [0.1, 0.15) is 15.9 Å². The first-order chi connectivity index (χ1) is 14.1. The molecule has 0 fully saturated rings. The first kappa shape index (κ1) is 18.0. The number of amides is 1. The molecule has 3 aromatic carbocycles. The van der Waals surface area contributed by atoms with Crippen molar-refractivity contribution in [2.75, 3.05) is 0 Å². The molecule has 0 radical (unpaired) electrons. The third-order valence-electron chi connectivity index (χ3n) is 5.22. The molecule has 2 N–H and O–H groups in total. The van der Waals surface area contributed by atoms with Crippen LogP contribution >= 0.6 is 22.9 Å². The first-order valence-electron chi connectivity index (χ1n) is 9.25. The highest BCUT2D eigenvalue weighted by Crippen LogP contribution is 2.36. The summed E-state index contributed by atoms with van der Waals surface area (Å²) >= 11 is 7.77. The lowest BCUT2D eigenvalue weighted by molar-refractivity contribution is 0.100. The number of benzene rings is 3. The molecule has 5 aromatic rings. The van der Waals surface area contributed by atoms with Crippen LogP contribution in [-0.4, -0.2) is 10.5 Å². The fourth-order valence-corrected chi connectivity index (χ4v) is 4.74. The van der Waals surface area contributed by atoms with Crippen molar-refractivity contribution in [2.45, 2.75) is 6.54 Å². The highest BCUT2D eigenvalue weighted by Gasteiger charge is 2.17. The predicted octanol–water partition coefficient (Wildman–Crippen LogP) is 6.32. The molecule has 2 aromatic heterocycles. The van der Waals surface area contributed by atoms with Crippen molar-refractivity contribution in [1.29, 1.82) is 0 Å². The molecule has 5 rings (SSSR count). The van der Waals surface area contributed by atoms with Crippen molar-refractivity contribution in [3.8, 4) is 10.4 Å². The van der Waals surface area contributed by atoms with E-state index in [-0.39, 0.29) is 0 Å². The summed E-state index contributed by atoms with van der Waals surface area (Å²) in [6.07, 6.45) is 0. The van der Waals surface area contributed by atoms with Gasteiger partial charge in [-0.3, -0.25) is 4.79 Å². The molecule has 0 aliphatic heterocycles. The van der Waals surface area contributed by atoms with Crippen molar-refractivity contribution in [3.05, 3.63) is 94.3 Å². The molecule has 142 valence electrons. The minimum Gasteiger partial charge on any atom is -0.366 e. The summed E-state index contributed by atoms with van der Waals surface area (Å²) in [4.78, 5) is 13.3. The predicted molar refractivity (Wildman–Crippen MR) is 122 cm³/mol. The molecule has 0 unspecified atom stereocenters. The van der Waals surface area contributed by atoms with Crippen LogP contribution in [0.2, 0.25) is 5.02 Å². The van der Waals surface area contributed by atoms with Gasteiger partial charge in [-0.15, -0.1) is 11.3 Å². The summed E-state index contributed by atoms with van der Waals surface area (Å²) in [7, 11) is 0. The van der Waals surface area contributed by atoms with E-state index in [9.17, 15) is 4.79 Å². The Balaban J connectivity index is 1.81. The Morgan fingerprint density at radius 3 is 2.52 bits per heavy atom. The Labute approximate surface area is 177 Å². The Morgan fingerprint density at radius 2 is 1.79 bits per heavy atom.